The molecule has 0 aliphatic rings. The Bertz CT molecular complexity index is 271. The molecule has 0 saturated heterocycles. The Morgan fingerprint density at radius 2 is 2.31 bits per heavy atom. The Hall–Kier alpha value is -0.580. The fourth-order valence-corrected chi connectivity index (χ4v) is 1.81. The lowest BCUT2D eigenvalue weighted by atomic mass is 10.1. The maximum absolute atomic E-state index is 9.52. The summed E-state index contributed by atoms with van der Waals surface area (Å²) in [4.78, 5) is 0. The standard InChI is InChI=1S/C9H12BrNO2/c1-13-5-7(11)9-6(10)3-2-4-8(9)12/h2-4,7,12H,5,11H2,1H3/t7-/m1/s1. The van der Waals surface area contributed by atoms with E-state index in [1.165, 1.54) is 0 Å². The number of hydrogen-bond donors (Lipinski definition) is 2. The fourth-order valence-electron chi connectivity index (χ4n) is 1.16. The van der Waals surface area contributed by atoms with Gasteiger partial charge in [0.2, 0.25) is 0 Å². The highest BCUT2D eigenvalue weighted by molar-refractivity contribution is 9.10. The van der Waals surface area contributed by atoms with Gasteiger partial charge >= 0.3 is 0 Å². The number of aromatic hydroxyl groups is 1. The average molecular weight is 246 g/mol. The number of methoxy groups -OCH3 is 1. The molecule has 0 bridgehead atoms. The topological polar surface area (TPSA) is 55.5 Å². The number of rotatable bonds is 3. The summed E-state index contributed by atoms with van der Waals surface area (Å²) in [6.07, 6.45) is 0. The summed E-state index contributed by atoms with van der Waals surface area (Å²) >= 11 is 3.32. The third-order valence-electron chi connectivity index (χ3n) is 1.75. The van der Waals surface area contributed by atoms with E-state index in [1.807, 2.05) is 6.07 Å². The first kappa shape index (κ1) is 10.5. The van der Waals surface area contributed by atoms with Gasteiger partial charge in [-0.3, -0.25) is 0 Å². The molecule has 1 aromatic rings. The van der Waals surface area contributed by atoms with Crippen LogP contribution in [0.5, 0.6) is 5.75 Å². The molecule has 72 valence electrons. The van der Waals surface area contributed by atoms with Gasteiger partial charge in [-0.1, -0.05) is 22.0 Å². The minimum absolute atomic E-state index is 0.193. The van der Waals surface area contributed by atoms with Crippen molar-refractivity contribution in [3.05, 3.63) is 28.2 Å². The van der Waals surface area contributed by atoms with E-state index in [4.69, 9.17) is 10.5 Å². The minimum atomic E-state index is -0.305. The Balaban J connectivity index is 2.98. The van der Waals surface area contributed by atoms with Crippen LogP contribution in [0.1, 0.15) is 11.6 Å². The van der Waals surface area contributed by atoms with Gasteiger partial charge in [-0.2, -0.15) is 0 Å². The van der Waals surface area contributed by atoms with Crippen molar-refractivity contribution in [1.29, 1.82) is 0 Å². The molecule has 0 fully saturated rings. The molecule has 0 unspecified atom stereocenters. The zero-order valence-electron chi connectivity index (χ0n) is 7.33. The molecule has 0 aliphatic carbocycles. The zero-order valence-corrected chi connectivity index (χ0v) is 8.91. The lowest BCUT2D eigenvalue weighted by molar-refractivity contribution is 0.179. The first-order valence-corrected chi connectivity index (χ1v) is 4.68. The molecule has 3 N–H and O–H groups in total. The third kappa shape index (κ3) is 2.43. The van der Waals surface area contributed by atoms with Crippen molar-refractivity contribution in [1.82, 2.24) is 0 Å². The van der Waals surface area contributed by atoms with Gasteiger partial charge in [0.25, 0.3) is 0 Å². The van der Waals surface area contributed by atoms with Crippen molar-refractivity contribution in [2.24, 2.45) is 5.73 Å². The van der Waals surface area contributed by atoms with E-state index in [-0.39, 0.29) is 11.8 Å². The van der Waals surface area contributed by atoms with Crippen LogP contribution in [-0.2, 0) is 4.74 Å². The van der Waals surface area contributed by atoms with Crippen LogP contribution in [0.2, 0.25) is 0 Å². The molecule has 13 heavy (non-hydrogen) atoms. The number of phenols is 1. The number of benzene rings is 1. The monoisotopic (exact) mass is 245 g/mol. The Labute approximate surface area is 85.6 Å². The molecule has 4 heteroatoms. The molecule has 0 aromatic heterocycles. The van der Waals surface area contributed by atoms with Gasteiger partial charge in [0, 0.05) is 17.1 Å². The quantitative estimate of drug-likeness (QED) is 0.854. The molecule has 3 nitrogen and oxygen atoms in total. The summed E-state index contributed by atoms with van der Waals surface area (Å²) in [7, 11) is 1.58. The Morgan fingerprint density at radius 1 is 1.62 bits per heavy atom. The van der Waals surface area contributed by atoms with Gasteiger partial charge in [0.15, 0.2) is 0 Å². The SMILES string of the molecule is COC[C@@H](N)c1c(O)cccc1Br. The average Bonchev–Trinajstić information content (AvgIpc) is 2.04. The molecule has 0 spiro atoms. The van der Waals surface area contributed by atoms with E-state index < -0.39 is 0 Å². The van der Waals surface area contributed by atoms with E-state index in [0.29, 0.717) is 12.2 Å². The maximum Gasteiger partial charge on any atom is 0.121 e. The summed E-state index contributed by atoms with van der Waals surface area (Å²) in [6.45, 7) is 0.385. The number of ether oxygens (including phenoxy) is 1. The summed E-state index contributed by atoms with van der Waals surface area (Å²) in [6, 6.07) is 4.89. The number of halogens is 1. The molecular weight excluding hydrogens is 234 g/mol. The van der Waals surface area contributed by atoms with Crippen molar-refractivity contribution < 1.29 is 9.84 Å². The molecular formula is C9H12BrNO2. The summed E-state index contributed by atoms with van der Waals surface area (Å²) < 4.78 is 5.71. The molecule has 1 rings (SSSR count). The lowest BCUT2D eigenvalue weighted by Crippen LogP contribution is -2.16. The van der Waals surface area contributed by atoms with Gasteiger partial charge in [0.1, 0.15) is 5.75 Å². The van der Waals surface area contributed by atoms with Crippen LogP contribution in [0, 0.1) is 0 Å². The van der Waals surface area contributed by atoms with Crippen LogP contribution < -0.4 is 5.73 Å². The molecule has 0 radical (unpaired) electrons. The molecule has 1 aromatic carbocycles. The van der Waals surface area contributed by atoms with E-state index in [2.05, 4.69) is 15.9 Å². The highest BCUT2D eigenvalue weighted by atomic mass is 79.9. The van der Waals surface area contributed by atoms with Gasteiger partial charge in [-0.05, 0) is 12.1 Å². The number of phenolic OH excluding ortho intramolecular Hbond substituents is 1. The highest BCUT2D eigenvalue weighted by Gasteiger charge is 2.13. The van der Waals surface area contributed by atoms with E-state index in [1.54, 1.807) is 19.2 Å². The molecule has 0 saturated carbocycles. The van der Waals surface area contributed by atoms with Crippen molar-refractivity contribution in [2.75, 3.05) is 13.7 Å². The summed E-state index contributed by atoms with van der Waals surface area (Å²) in [5.74, 6) is 0.193. The maximum atomic E-state index is 9.52. The van der Waals surface area contributed by atoms with Gasteiger partial charge < -0.3 is 15.6 Å². The summed E-state index contributed by atoms with van der Waals surface area (Å²) in [5.41, 5.74) is 6.48. The lowest BCUT2D eigenvalue weighted by Gasteiger charge is -2.14. The molecule has 0 aliphatic heterocycles. The van der Waals surface area contributed by atoms with Gasteiger partial charge in [0.05, 0.1) is 12.6 Å². The summed E-state index contributed by atoms with van der Waals surface area (Å²) in [5, 5.41) is 9.52. The normalized spacial score (nSPS) is 12.8. The van der Waals surface area contributed by atoms with Crippen LogP contribution in [0.15, 0.2) is 22.7 Å². The predicted molar refractivity (Wildman–Crippen MR) is 54.6 cm³/mol. The molecule has 0 amide bonds. The Kier molecular flexibility index (Phi) is 3.71. The van der Waals surface area contributed by atoms with E-state index in [0.717, 1.165) is 4.47 Å². The second-order valence-corrected chi connectivity index (χ2v) is 3.59. The van der Waals surface area contributed by atoms with Gasteiger partial charge in [-0.25, -0.2) is 0 Å². The van der Waals surface area contributed by atoms with Gasteiger partial charge in [-0.15, -0.1) is 0 Å². The van der Waals surface area contributed by atoms with Crippen molar-refractivity contribution >= 4 is 15.9 Å². The van der Waals surface area contributed by atoms with E-state index >= 15 is 0 Å². The van der Waals surface area contributed by atoms with Crippen molar-refractivity contribution in [2.45, 2.75) is 6.04 Å². The first-order chi connectivity index (χ1) is 6.16. The van der Waals surface area contributed by atoms with Crippen LogP contribution in [0.3, 0.4) is 0 Å². The Morgan fingerprint density at radius 3 is 2.85 bits per heavy atom. The largest absolute Gasteiger partial charge is 0.508 e. The molecule has 0 heterocycles. The van der Waals surface area contributed by atoms with E-state index in [9.17, 15) is 5.11 Å². The van der Waals surface area contributed by atoms with Crippen molar-refractivity contribution in [3.8, 4) is 5.75 Å². The minimum Gasteiger partial charge on any atom is -0.508 e. The van der Waals surface area contributed by atoms with Crippen molar-refractivity contribution in [3.63, 3.8) is 0 Å². The fraction of sp³-hybridized carbons (Fsp3) is 0.333. The van der Waals surface area contributed by atoms with Crippen LogP contribution >= 0.6 is 15.9 Å². The second-order valence-electron chi connectivity index (χ2n) is 2.73. The predicted octanol–water partition coefficient (Wildman–Crippen LogP) is 1.80. The third-order valence-corrected chi connectivity index (χ3v) is 2.44. The number of nitrogens with two attached hydrogens (primary N) is 1. The zero-order chi connectivity index (χ0) is 9.84. The highest BCUT2D eigenvalue weighted by Crippen LogP contribution is 2.30. The number of hydrogen-bond acceptors (Lipinski definition) is 3. The smallest absolute Gasteiger partial charge is 0.121 e. The van der Waals surface area contributed by atoms with Crippen LogP contribution in [0.4, 0.5) is 0 Å². The first-order valence-electron chi connectivity index (χ1n) is 3.88. The molecule has 1 atom stereocenters. The van der Waals surface area contributed by atoms with Crippen LogP contribution in [-0.4, -0.2) is 18.8 Å². The van der Waals surface area contributed by atoms with Crippen LogP contribution in [0.25, 0.3) is 0 Å². The second kappa shape index (κ2) is 4.60.